The zero-order valence-corrected chi connectivity index (χ0v) is 39.1. The van der Waals surface area contributed by atoms with Crippen LogP contribution in [0.15, 0.2) is 72.8 Å². The van der Waals surface area contributed by atoms with Gasteiger partial charge < -0.3 is 25.6 Å². The van der Waals surface area contributed by atoms with Crippen LogP contribution < -0.4 is 20.9 Å². The van der Waals surface area contributed by atoms with Crippen molar-refractivity contribution in [2.24, 2.45) is 22.7 Å². The van der Waals surface area contributed by atoms with E-state index in [1.807, 2.05) is 64.1 Å². The number of amides is 3. The van der Waals surface area contributed by atoms with Crippen molar-refractivity contribution < 1.29 is 63.4 Å². The molecule has 2 aliphatic heterocycles. The van der Waals surface area contributed by atoms with Crippen LogP contribution in [-0.4, -0.2) is 43.9 Å². The number of esters is 1. The van der Waals surface area contributed by atoms with Crippen LogP contribution in [0.3, 0.4) is 0 Å². The number of halogens is 9. The number of carbonyl (C=O) groups excluding carboxylic acids is 4. The average Bonchev–Trinajstić information content (AvgIpc) is 3.72. The lowest BCUT2D eigenvalue weighted by atomic mass is 9.64. The van der Waals surface area contributed by atoms with E-state index < -0.39 is 51.7 Å². The number of benzene rings is 4. The summed E-state index contributed by atoms with van der Waals surface area (Å²) in [5, 5.41) is 2.73. The molecule has 4 aromatic rings. The molecule has 9 nitrogen and oxygen atoms in total. The Bertz CT molecular complexity index is 2530. The molecule has 18 heteroatoms. The van der Waals surface area contributed by atoms with Crippen molar-refractivity contribution in [2.45, 2.75) is 105 Å². The number of nitrogens with zero attached hydrogens (tertiary/aromatic N) is 2. The van der Waals surface area contributed by atoms with Crippen molar-refractivity contribution in [3.63, 3.8) is 0 Å². The molecule has 0 aromatic heterocycles. The zero-order valence-electron chi connectivity index (χ0n) is 39.1. The summed E-state index contributed by atoms with van der Waals surface area (Å²) in [6.07, 6.45) is -8.00. The minimum atomic E-state index is -4.84. The Morgan fingerprint density at radius 1 is 0.609 bits per heavy atom. The normalized spacial score (nSPS) is 20.9. The maximum absolute atomic E-state index is 13.6. The van der Waals surface area contributed by atoms with Gasteiger partial charge in [-0.2, -0.15) is 39.5 Å². The summed E-state index contributed by atoms with van der Waals surface area (Å²) in [6, 6.07) is 16.3. The van der Waals surface area contributed by atoms with Gasteiger partial charge in [0.2, 0.25) is 17.7 Å². The van der Waals surface area contributed by atoms with E-state index in [-0.39, 0.29) is 66.7 Å². The number of carbonyl (C=O) groups is 4. The van der Waals surface area contributed by atoms with E-state index in [9.17, 15) is 58.7 Å². The zero-order chi connectivity index (χ0) is 51.0. The van der Waals surface area contributed by atoms with Crippen LogP contribution in [0.4, 0.5) is 62.3 Å². The van der Waals surface area contributed by atoms with Gasteiger partial charge in [-0.1, -0.05) is 49.2 Å². The second-order valence-electron chi connectivity index (χ2n) is 18.7. The van der Waals surface area contributed by atoms with Gasteiger partial charge in [0.25, 0.3) is 0 Å². The fourth-order valence-electron chi connectivity index (χ4n) is 10.0. The molecule has 4 aromatic carbocycles. The number of aryl methyl sites for hydroxylation is 5. The lowest BCUT2D eigenvalue weighted by molar-refractivity contribution is -0.158. The number of nitrogen functional groups attached to an aromatic ring is 1. The molecule has 2 aliphatic carbocycles. The van der Waals surface area contributed by atoms with Crippen LogP contribution in [0.1, 0.15) is 95.9 Å². The second-order valence-corrected chi connectivity index (χ2v) is 18.7. The van der Waals surface area contributed by atoms with E-state index in [0.29, 0.717) is 24.2 Å². The Morgan fingerprint density at radius 2 is 1.00 bits per heavy atom. The van der Waals surface area contributed by atoms with Crippen molar-refractivity contribution in [2.75, 3.05) is 41.0 Å². The Labute approximate surface area is 394 Å². The Hall–Kier alpha value is -6.07. The summed E-state index contributed by atoms with van der Waals surface area (Å²) < 4.78 is 118. The maximum Gasteiger partial charge on any atom is 0.416 e. The number of rotatable bonds is 7. The number of nitrogens with one attached hydrogen (secondary N) is 1. The van der Waals surface area contributed by atoms with Crippen molar-refractivity contribution in [1.29, 1.82) is 0 Å². The van der Waals surface area contributed by atoms with Crippen LogP contribution in [0.2, 0.25) is 0 Å². The molecule has 2 saturated heterocycles. The predicted molar refractivity (Wildman–Crippen MR) is 243 cm³/mol. The van der Waals surface area contributed by atoms with E-state index in [1.54, 1.807) is 16.7 Å². The van der Waals surface area contributed by atoms with E-state index in [0.717, 1.165) is 84.3 Å². The highest BCUT2D eigenvalue weighted by atomic mass is 19.4. The van der Waals surface area contributed by atoms with E-state index in [1.165, 1.54) is 13.2 Å². The van der Waals surface area contributed by atoms with Gasteiger partial charge in [-0.05, 0) is 136 Å². The van der Waals surface area contributed by atoms with E-state index in [4.69, 9.17) is 10.5 Å². The minimum absolute atomic E-state index is 0.0242. The molecular formula is C51H55F9N4O5. The number of para-hydroxylation sites is 2. The topological polar surface area (TPSA) is 122 Å². The summed E-state index contributed by atoms with van der Waals surface area (Å²) >= 11 is 0. The quantitative estimate of drug-likeness (QED) is 0.108. The lowest BCUT2D eigenvalue weighted by Crippen LogP contribution is -2.47. The van der Waals surface area contributed by atoms with Gasteiger partial charge in [-0.3, -0.25) is 19.2 Å². The number of anilines is 4. The fraction of sp³-hybridized carbons (Fsp3) is 0.451. The molecule has 69 heavy (non-hydrogen) atoms. The molecule has 2 saturated carbocycles. The number of alkyl halides is 9. The van der Waals surface area contributed by atoms with Crippen LogP contribution in [0.25, 0.3) is 0 Å². The summed E-state index contributed by atoms with van der Waals surface area (Å²) in [4.78, 5) is 55.3. The van der Waals surface area contributed by atoms with Crippen molar-refractivity contribution in [3.05, 3.63) is 117 Å². The van der Waals surface area contributed by atoms with Gasteiger partial charge in [0.05, 0.1) is 34.6 Å². The average molecular weight is 975 g/mol. The Balaban J connectivity index is 0.000000183. The first-order valence-corrected chi connectivity index (χ1v) is 22.5. The molecule has 3 amide bonds. The fourth-order valence-corrected chi connectivity index (χ4v) is 10.0. The Kier molecular flexibility index (Phi) is 15.0. The maximum atomic E-state index is 13.6. The van der Waals surface area contributed by atoms with Gasteiger partial charge in [-0.25, -0.2) is 0 Å². The number of ether oxygens (including phenoxy) is 1. The molecule has 372 valence electrons. The van der Waals surface area contributed by atoms with Crippen LogP contribution in [-0.2, 0) is 42.4 Å². The molecule has 3 N–H and O–H groups in total. The first kappa shape index (κ1) is 52.3. The number of hydrogen-bond acceptors (Lipinski definition) is 6. The highest BCUT2D eigenvalue weighted by molar-refractivity contribution is 6.07. The van der Waals surface area contributed by atoms with Crippen molar-refractivity contribution in [3.8, 4) is 0 Å². The monoisotopic (exact) mass is 974 g/mol. The summed E-state index contributed by atoms with van der Waals surface area (Å²) in [7, 11) is 1.43. The molecule has 0 radical (unpaired) electrons. The SMILES string of the molecule is COC(=O)C1(C2CCC2)CC(=O)N(c2c(C)cccc2C)C1.Cc1cc(NC(=O)C2(C3CCC3)CC(=O)N(c3c(C)cccc3C)C2)cc(C(F)(F)F)c1.Nc1cc(C(F)(F)F)cc(C(F)(F)F)c1. The molecule has 2 heterocycles. The van der Waals surface area contributed by atoms with E-state index in [2.05, 4.69) is 5.32 Å². The van der Waals surface area contributed by atoms with Crippen LogP contribution in [0.5, 0.6) is 0 Å². The van der Waals surface area contributed by atoms with Gasteiger partial charge >= 0.3 is 24.5 Å². The van der Waals surface area contributed by atoms with Gasteiger partial charge in [0.1, 0.15) is 0 Å². The van der Waals surface area contributed by atoms with Crippen molar-refractivity contribution in [1.82, 2.24) is 0 Å². The highest BCUT2D eigenvalue weighted by Crippen LogP contribution is 2.52. The smallest absolute Gasteiger partial charge is 0.416 e. The summed E-state index contributed by atoms with van der Waals surface area (Å²) in [5.74, 6) is -0.368. The standard InChI is InChI=1S/C25H27F3N2O2.C18H23NO3.C8H5F6N/c1-15-10-19(25(26,27)28)12-20(11-15)29-23(32)24(18-8-5-9-18)13-21(31)30(14-24)22-16(2)6-4-7-17(22)3;1-12-6-4-7-13(2)16(12)19-11-18(10-15(19)20,17(21)22-3)14-8-5-9-14;9-7(10,11)4-1-5(8(12,13)14)3-6(15)2-4/h4,6-7,10-12,18H,5,8-9,13-14H2,1-3H3,(H,29,32);4,6-7,14H,5,8-11H2,1-3H3;1-3H,15H2. The summed E-state index contributed by atoms with van der Waals surface area (Å²) in [5.41, 5.74) is 5.51. The third-order valence-electron chi connectivity index (χ3n) is 13.9. The second kappa shape index (κ2) is 19.7. The Morgan fingerprint density at radius 3 is 1.39 bits per heavy atom. The third kappa shape index (κ3) is 11.0. The first-order valence-electron chi connectivity index (χ1n) is 22.5. The van der Waals surface area contributed by atoms with Gasteiger partial charge in [0.15, 0.2) is 0 Å². The van der Waals surface area contributed by atoms with Crippen LogP contribution >= 0.6 is 0 Å². The number of hydrogen-bond donors (Lipinski definition) is 2. The van der Waals surface area contributed by atoms with Crippen LogP contribution in [0, 0.1) is 57.3 Å². The van der Waals surface area contributed by atoms with Crippen molar-refractivity contribution >= 4 is 46.4 Å². The molecule has 0 spiro atoms. The summed E-state index contributed by atoms with van der Waals surface area (Å²) in [6.45, 7) is 10.2. The minimum Gasteiger partial charge on any atom is -0.469 e. The van der Waals surface area contributed by atoms with E-state index >= 15 is 0 Å². The number of methoxy groups -OCH3 is 1. The third-order valence-corrected chi connectivity index (χ3v) is 13.9. The lowest BCUT2D eigenvalue weighted by Gasteiger charge is -2.41. The molecular weight excluding hydrogens is 920 g/mol. The van der Waals surface area contributed by atoms with Gasteiger partial charge in [0, 0.05) is 48.7 Å². The first-order chi connectivity index (χ1) is 32.1. The number of nitrogens with two attached hydrogens (primary N) is 1. The van der Waals surface area contributed by atoms with Gasteiger partial charge in [-0.15, -0.1) is 0 Å². The predicted octanol–water partition coefficient (Wildman–Crippen LogP) is 12.1. The molecule has 8 rings (SSSR count). The molecule has 2 unspecified atom stereocenters. The highest BCUT2D eigenvalue weighted by Gasteiger charge is 2.57. The molecule has 2 atom stereocenters. The largest absolute Gasteiger partial charge is 0.469 e. The molecule has 4 fully saturated rings. The molecule has 0 bridgehead atoms. The molecule has 4 aliphatic rings.